The molecule has 0 bridgehead atoms. The van der Waals surface area contributed by atoms with Gasteiger partial charge in [-0.15, -0.1) is 0 Å². The van der Waals surface area contributed by atoms with E-state index < -0.39 is 0 Å². The summed E-state index contributed by atoms with van der Waals surface area (Å²) < 4.78 is 0. The minimum absolute atomic E-state index is 0. The SMILES string of the molecule is CCCCO.CCO.CCO.[Zr]. The molecule has 0 rings (SSSR count). The van der Waals surface area contributed by atoms with Crippen molar-refractivity contribution in [3.05, 3.63) is 0 Å². The number of rotatable bonds is 2. The molecule has 3 N–H and O–H groups in total. The van der Waals surface area contributed by atoms with Gasteiger partial charge in [0, 0.05) is 46.0 Å². The van der Waals surface area contributed by atoms with Gasteiger partial charge in [-0.3, -0.25) is 0 Å². The van der Waals surface area contributed by atoms with Crippen LogP contribution in [0.4, 0.5) is 0 Å². The molecule has 0 saturated heterocycles. The van der Waals surface area contributed by atoms with E-state index in [-0.39, 0.29) is 39.4 Å². The fourth-order valence-corrected chi connectivity index (χ4v) is 0.158. The van der Waals surface area contributed by atoms with E-state index in [0.717, 1.165) is 12.8 Å². The first kappa shape index (κ1) is 23.0. The van der Waals surface area contributed by atoms with E-state index in [1.54, 1.807) is 13.8 Å². The van der Waals surface area contributed by atoms with E-state index in [4.69, 9.17) is 15.3 Å². The van der Waals surface area contributed by atoms with Crippen molar-refractivity contribution in [3.63, 3.8) is 0 Å². The largest absolute Gasteiger partial charge is 0.397 e. The summed E-state index contributed by atoms with van der Waals surface area (Å²) in [5, 5.41) is 23.2. The van der Waals surface area contributed by atoms with Crippen molar-refractivity contribution < 1.29 is 41.5 Å². The topological polar surface area (TPSA) is 60.7 Å². The minimum Gasteiger partial charge on any atom is -0.397 e. The quantitative estimate of drug-likeness (QED) is 0.685. The Morgan fingerprint density at radius 1 is 0.833 bits per heavy atom. The molecule has 4 heteroatoms. The van der Waals surface area contributed by atoms with Gasteiger partial charge in [-0.05, 0) is 20.3 Å². The first-order chi connectivity index (χ1) is 5.24. The van der Waals surface area contributed by atoms with Crippen molar-refractivity contribution in [1.82, 2.24) is 0 Å². The van der Waals surface area contributed by atoms with Gasteiger partial charge in [-0.2, -0.15) is 0 Å². The van der Waals surface area contributed by atoms with E-state index in [2.05, 4.69) is 6.92 Å². The molecule has 0 amide bonds. The predicted molar refractivity (Wildman–Crippen MR) is 47.5 cm³/mol. The van der Waals surface area contributed by atoms with Crippen LogP contribution in [0.5, 0.6) is 0 Å². The fourth-order valence-electron chi connectivity index (χ4n) is 0.158. The Morgan fingerprint density at radius 2 is 1.08 bits per heavy atom. The Hall–Kier alpha value is 0.763. The molecule has 0 aromatic rings. The molecule has 0 heterocycles. The number of aliphatic hydroxyl groups is 3. The molecule has 0 radical (unpaired) electrons. The summed E-state index contributed by atoms with van der Waals surface area (Å²) in [7, 11) is 0. The van der Waals surface area contributed by atoms with Crippen molar-refractivity contribution >= 4 is 0 Å². The zero-order valence-corrected chi connectivity index (χ0v) is 10.8. The van der Waals surface area contributed by atoms with Crippen LogP contribution in [0.15, 0.2) is 0 Å². The van der Waals surface area contributed by atoms with Gasteiger partial charge in [0.05, 0.1) is 0 Å². The third-order valence-electron chi connectivity index (χ3n) is 0.512. The molecule has 0 aliphatic heterocycles. The van der Waals surface area contributed by atoms with Crippen molar-refractivity contribution in [2.24, 2.45) is 0 Å². The Kier molecular flexibility index (Phi) is 78.6. The first-order valence-corrected chi connectivity index (χ1v) is 4.07. The van der Waals surface area contributed by atoms with Gasteiger partial charge in [0.25, 0.3) is 0 Å². The molecule has 12 heavy (non-hydrogen) atoms. The van der Waals surface area contributed by atoms with E-state index in [1.165, 1.54) is 0 Å². The van der Waals surface area contributed by atoms with Gasteiger partial charge in [-0.25, -0.2) is 0 Å². The Balaban J connectivity index is -0.0000000406. The van der Waals surface area contributed by atoms with Crippen molar-refractivity contribution in [1.29, 1.82) is 0 Å². The number of aliphatic hydroxyl groups excluding tert-OH is 3. The third-order valence-corrected chi connectivity index (χ3v) is 0.512. The third kappa shape index (κ3) is 134. The molecule has 0 unspecified atom stereocenters. The smallest absolute Gasteiger partial charge is 0.0430 e. The molecule has 3 nitrogen and oxygen atoms in total. The van der Waals surface area contributed by atoms with E-state index >= 15 is 0 Å². The van der Waals surface area contributed by atoms with Crippen LogP contribution < -0.4 is 0 Å². The molecule has 0 saturated carbocycles. The second-order valence-corrected chi connectivity index (χ2v) is 1.71. The van der Waals surface area contributed by atoms with Crippen LogP contribution in [0.25, 0.3) is 0 Å². The Bertz CT molecular complexity index is 33.5. The Labute approximate surface area is 94.9 Å². The maximum Gasteiger partial charge on any atom is 0.0430 e. The van der Waals surface area contributed by atoms with Crippen LogP contribution in [0.2, 0.25) is 0 Å². The first-order valence-electron chi connectivity index (χ1n) is 4.07. The van der Waals surface area contributed by atoms with Crippen LogP contribution in [0, 0.1) is 0 Å². The fraction of sp³-hybridized carbons (Fsp3) is 1.00. The molecule has 0 spiro atoms. The van der Waals surface area contributed by atoms with Crippen LogP contribution in [0.3, 0.4) is 0 Å². The zero-order valence-electron chi connectivity index (χ0n) is 8.38. The molecule has 0 fully saturated rings. The second kappa shape index (κ2) is 41.0. The number of hydrogen-bond donors (Lipinski definition) is 3. The molecule has 76 valence electrons. The monoisotopic (exact) mass is 256 g/mol. The van der Waals surface area contributed by atoms with Gasteiger partial charge >= 0.3 is 0 Å². The summed E-state index contributed by atoms with van der Waals surface area (Å²) in [6.07, 6.45) is 2.04. The van der Waals surface area contributed by atoms with Crippen LogP contribution in [-0.4, -0.2) is 35.1 Å². The molecular formula is C8H22O3Zr. The maximum absolute atomic E-state index is 8.07. The maximum atomic E-state index is 8.07. The summed E-state index contributed by atoms with van der Waals surface area (Å²) in [6.45, 7) is 6.26. The number of unbranched alkanes of at least 4 members (excludes halogenated alkanes) is 1. The van der Waals surface area contributed by atoms with Crippen molar-refractivity contribution in [3.8, 4) is 0 Å². The van der Waals surface area contributed by atoms with Gasteiger partial charge in [0.2, 0.25) is 0 Å². The molecule has 0 aromatic carbocycles. The predicted octanol–water partition coefficient (Wildman–Crippen LogP) is 0.774. The van der Waals surface area contributed by atoms with E-state index in [9.17, 15) is 0 Å². The van der Waals surface area contributed by atoms with E-state index in [0.29, 0.717) is 6.61 Å². The molecule has 0 aliphatic rings. The van der Waals surface area contributed by atoms with Crippen LogP contribution in [0.1, 0.15) is 33.6 Å². The summed E-state index contributed by atoms with van der Waals surface area (Å²) >= 11 is 0. The standard InChI is InChI=1S/C4H10O.2C2H6O.Zr/c1-2-3-4-5;2*1-2-3;/h5H,2-4H2,1H3;2*3H,2H2,1H3;. The van der Waals surface area contributed by atoms with Crippen molar-refractivity contribution in [2.45, 2.75) is 33.6 Å². The molecule has 0 aliphatic carbocycles. The summed E-state index contributed by atoms with van der Waals surface area (Å²) in [5.74, 6) is 0. The Morgan fingerprint density at radius 3 is 1.08 bits per heavy atom. The average molecular weight is 257 g/mol. The van der Waals surface area contributed by atoms with Gasteiger partial charge in [-0.1, -0.05) is 13.3 Å². The normalized spacial score (nSPS) is 6.50. The van der Waals surface area contributed by atoms with Crippen LogP contribution in [-0.2, 0) is 26.2 Å². The van der Waals surface area contributed by atoms with Crippen LogP contribution >= 0.6 is 0 Å². The summed E-state index contributed by atoms with van der Waals surface area (Å²) in [5.41, 5.74) is 0. The minimum atomic E-state index is 0. The molecule has 0 atom stereocenters. The molecular weight excluding hydrogens is 235 g/mol. The second-order valence-electron chi connectivity index (χ2n) is 1.71. The van der Waals surface area contributed by atoms with Gasteiger partial charge in [0.15, 0.2) is 0 Å². The summed E-state index contributed by atoms with van der Waals surface area (Å²) in [6, 6.07) is 0. The summed E-state index contributed by atoms with van der Waals surface area (Å²) in [4.78, 5) is 0. The molecule has 0 aromatic heterocycles. The van der Waals surface area contributed by atoms with Crippen molar-refractivity contribution in [2.75, 3.05) is 19.8 Å². The van der Waals surface area contributed by atoms with E-state index in [1.807, 2.05) is 0 Å². The average Bonchev–Trinajstić information content (AvgIpc) is 1.92. The zero-order chi connectivity index (χ0) is 9.54. The van der Waals surface area contributed by atoms with Gasteiger partial charge < -0.3 is 15.3 Å². The number of hydrogen-bond acceptors (Lipinski definition) is 3. The van der Waals surface area contributed by atoms with Gasteiger partial charge in [0.1, 0.15) is 0 Å².